The maximum atomic E-state index is 10.6. The van der Waals surface area contributed by atoms with Crippen LogP contribution in [0.5, 0.6) is 0 Å². The van der Waals surface area contributed by atoms with E-state index in [9.17, 15) is 9.59 Å². The Morgan fingerprint density at radius 1 is 0.733 bits per heavy atom. The average molecular weight is 408 g/mol. The van der Waals surface area contributed by atoms with Gasteiger partial charge in [0.1, 0.15) is 12.1 Å². The molecule has 156 valence electrons. The molecule has 0 bridgehead atoms. The first-order valence-corrected chi connectivity index (χ1v) is 9.43. The summed E-state index contributed by atoms with van der Waals surface area (Å²) < 4.78 is 0. The lowest BCUT2D eigenvalue weighted by atomic mass is 10.1. The molecule has 0 aliphatic rings. The van der Waals surface area contributed by atoms with Gasteiger partial charge in [-0.25, -0.2) is 0 Å². The number of hydrogen-bond acceptors (Lipinski definition) is 4. The zero-order chi connectivity index (χ0) is 21.7. The summed E-state index contributed by atoms with van der Waals surface area (Å²) in [6, 6.07) is 13.8. The van der Waals surface area contributed by atoms with E-state index in [-0.39, 0.29) is 0 Å². The minimum atomic E-state index is -0.972. The topological polar surface area (TPSA) is 158 Å². The van der Waals surface area contributed by atoms with Crippen molar-refractivity contribution in [3.63, 3.8) is 0 Å². The Morgan fingerprint density at radius 2 is 1.10 bits per heavy atom. The van der Waals surface area contributed by atoms with Gasteiger partial charge in [0, 0.05) is 47.0 Å². The first-order chi connectivity index (χ1) is 14.4. The molecule has 30 heavy (non-hydrogen) atoms. The maximum Gasteiger partial charge on any atom is 0.320 e. The summed E-state index contributed by atoms with van der Waals surface area (Å²) in [5.74, 6) is -1.94. The molecule has 0 amide bonds. The smallest absolute Gasteiger partial charge is 0.320 e. The third kappa shape index (κ3) is 4.86. The van der Waals surface area contributed by atoms with Crippen LogP contribution in [-0.4, -0.2) is 44.2 Å². The van der Waals surface area contributed by atoms with Gasteiger partial charge in [-0.2, -0.15) is 0 Å². The van der Waals surface area contributed by atoms with E-state index in [4.69, 9.17) is 21.7 Å². The van der Waals surface area contributed by atoms with Crippen molar-refractivity contribution in [2.45, 2.75) is 24.9 Å². The molecule has 0 spiro atoms. The molecule has 2 atom stereocenters. The monoisotopic (exact) mass is 408 g/mol. The molecule has 0 saturated heterocycles. The molecule has 8 nitrogen and oxygen atoms in total. The van der Waals surface area contributed by atoms with Crippen molar-refractivity contribution in [1.29, 1.82) is 0 Å². The van der Waals surface area contributed by atoms with Crippen LogP contribution in [0.3, 0.4) is 0 Å². The molecule has 2 aromatic heterocycles. The van der Waals surface area contributed by atoms with Crippen LogP contribution in [0.25, 0.3) is 21.8 Å². The van der Waals surface area contributed by atoms with E-state index in [0.29, 0.717) is 12.8 Å². The lowest BCUT2D eigenvalue weighted by Crippen LogP contribution is -2.32. The van der Waals surface area contributed by atoms with E-state index < -0.39 is 24.0 Å². The number of rotatable bonds is 6. The van der Waals surface area contributed by atoms with Gasteiger partial charge in [0.15, 0.2) is 0 Å². The number of para-hydroxylation sites is 2. The number of aromatic amines is 2. The number of hydrogen-bond donors (Lipinski definition) is 6. The van der Waals surface area contributed by atoms with Gasteiger partial charge in [0.25, 0.3) is 0 Å². The van der Waals surface area contributed by atoms with Crippen LogP contribution in [0.2, 0.25) is 0 Å². The van der Waals surface area contributed by atoms with Crippen LogP contribution in [0.1, 0.15) is 11.1 Å². The zero-order valence-corrected chi connectivity index (χ0v) is 16.2. The summed E-state index contributed by atoms with van der Waals surface area (Å²) in [6.45, 7) is 0. The minimum Gasteiger partial charge on any atom is -0.480 e. The van der Waals surface area contributed by atoms with E-state index in [1.165, 1.54) is 0 Å². The number of nitrogens with two attached hydrogens (primary N) is 2. The molecular formula is C22H24N4O4. The number of fused-ring (bicyclic) bond motifs is 2. The van der Waals surface area contributed by atoms with Crippen molar-refractivity contribution in [2.24, 2.45) is 11.5 Å². The van der Waals surface area contributed by atoms with E-state index in [2.05, 4.69) is 9.97 Å². The van der Waals surface area contributed by atoms with Gasteiger partial charge in [-0.15, -0.1) is 0 Å². The molecule has 4 aromatic rings. The first-order valence-electron chi connectivity index (χ1n) is 9.43. The van der Waals surface area contributed by atoms with Gasteiger partial charge in [0.05, 0.1) is 0 Å². The predicted octanol–water partition coefficient (Wildman–Crippen LogP) is 2.24. The van der Waals surface area contributed by atoms with Crippen LogP contribution >= 0.6 is 0 Å². The maximum absolute atomic E-state index is 10.6. The molecule has 0 fully saturated rings. The fourth-order valence-electron chi connectivity index (χ4n) is 3.25. The lowest BCUT2D eigenvalue weighted by Gasteiger charge is -2.04. The number of carboxylic acid groups (broad SMARTS) is 2. The highest BCUT2D eigenvalue weighted by Gasteiger charge is 2.15. The highest BCUT2D eigenvalue weighted by molar-refractivity contribution is 5.85. The Hall–Kier alpha value is -3.62. The summed E-state index contributed by atoms with van der Waals surface area (Å²) in [7, 11) is 0. The largest absolute Gasteiger partial charge is 0.480 e. The van der Waals surface area contributed by atoms with Crippen LogP contribution in [-0.2, 0) is 22.4 Å². The molecule has 0 radical (unpaired) electrons. The van der Waals surface area contributed by atoms with Crippen molar-refractivity contribution in [3.8, 4) is 0 Å². The summed E-state index contributed by atoms with van der Waals surface area (Å²) in [6.07, 6.45) is 4.32. The van der Waals surface area contributed by atoms with Gasteiger partial charge in [-0.3, -0.25) is 9.59 Å². The van der Waals surface area contributed by atoms with E-state index in [0.717, 1.165) is 32.9 Å². The highest BCUT2D eigenvalue weighted by atomic mass is 16.4. The fraction of sp³-hybridized carbons (Fsp3) is 0.182. The standard InChI is InChI=1S/2C11H12N2O2/c2*12-9(11(14)15)5-7-6-13-10-4-2-1-3-8(7)10/h2*1-4,6,9,13H,5,12H2,(H,14,15)/t9-;/m0./s1. The van der Waals surface area contributed by atoms with Crippen LogP contribution < -0.4 is 11.5 Å². The normalized spacial score (nSPS) is 12.9. The summed E-state index contributed by atoms with van der Waals surface area (Å²) in [5, 5.41) is 19.5. The van der Waals surface area contributed by atoms with E-state index >= 15 is 0 Å². The van der Waals surface area contributed by atoms with Crippen molar-refractivity contribution >= 4 is 33.7 Å². The molecule has 2 heterocycles. The fourth-order valence-corrected chi connectivity index (χ4v) is 3.25. The second kappa shape index (κ2) is 9.25. The van der Waals surface area contributed by atoms with Gasteiger partial charge in [0.2, 0.25) is 0 Å². The predicted molar refractivity (Wildman–Crippen MR) is 115 cm³/mol. The molecule has 0 aliphatic heterocycles. The molecule has 0 saturated carbocycles. The van der Waals surface area contributed by atoms with Crippen LogP contribution in [0.15, 0.2) is 60.9 Å². The number of aliphatic carboxylic acids is 2. The number of carboxylic acids is 2. The van der Waals surface area contributed by atoms with Crippen molar-refractivity contribution in [2.75, 3.05) is 0 Å². The average Bonchev–Trinajstić information content (AvgIpc) is 3.33. The van der Waals surface area contributed by atoms with Gasteiger partial charge < -0.3 is 31.6 Å². The number of benzene rings is 2. The van der Waals surface area contributed by atoms with Gasteiger partial charge in [-0.1, -0.05) is 36.4 Å². The van der Waals surface area contributed by atoms with Crippen molar-refractivity contribution < 1.29 is 19.8 Å². The zero-order valence-electron chi connectivity index (χ0n) is 16.2. The number of nitrogens with one attached hydrogen (secondary N) is 2. The van der Waals surface area contributed by atoms with Crippen LogP contribution in [0, 0.1) is 0 Å². The van der Waals surface area contributed by atoms with Crippen molar-refractivity contribution in [1.82, 2.24) is 9.97 Å². The molecule has 0 aliphatic carbocycles. The Labute approximate surface area is 172 Å². The molecule has 8 N–H and O–H groups in total. The molecule has 4 rings (SSSR count). The third-order valence-electron chi connectivity index (χ3n) is 4.86. The Bertz CT molecular complexity index is 1070. The Kier molecular flexibility index (Phi) is 6.51. The number of H-pyrrole nitrogens is 2. The first kappa shape index (κ1) is 21.1. The summed E-state index contributed by atoms with van der Waals surface area (Å²) in [5.41, 5.74) is 14.9. The quantitative estimate of drug-likeness (QED) is 0.287. The molecule has 1 unspecified atom stereocenters. The van der Waals surface area contributed by atoms with Gasteiger partial charge >= 0.3 is 11.9 Å². The summed E-state index contributed by atoms with van der Waals surface area (Å²) in [4.78, 5) is 27.4. The highest BCUT2D eigenvalue weighted by Crippen LogP contribution is 2.19. The minimum absolute atomic E-state index is 0.347. The Morgan fingerprint density at radius 3 is 1.47 bits per heavy atom. The number of aromatic nitrogens is 2. The van der Waals surface area contributed by atoms with E-state index in [1.807, 2.05) is 60.9 Å². The second-order valence-electron chi connectivity index (χ2n) is 7.02. The van der Waals surface area contributed by atoms with E-state index in [1.54, 1.807) is 0 Å². The van der Waals surface area contributed by atoms with Gasteiger partial charge in [-0.05, 0) is 23.3 Å². The third-order valence-corrected chi connectivity index (χ3v) is 4.86. The lowest BCUT2D eigenvalue weighted by molar-refractivity contribution is -0.139. The van der Waals surface area contributed by atoms with Crippen molar-refractivity contribution in [3.05, 3.63) is 72.1 Å². The molecule has 8 heteroatoms. The Balaban J connectivity index is 0.000000171. The number of carbonyl (C=O) groups is 2. The SMILES string of the molecule is NC(Cc1c[nH]c2ccccc12)C(=O)O.N[C@@H](Cc1c[nH]c2ccccc12)C(=O)O. The van der Waals surface area contributed by atoms with Crippen LogP contribution in [0.4, 0.5) is 0 Å². The molecule has 2 aromatic carbocycles. The second-order valence-corrected chi connectivity index (χ2v) is 7.02. The molecular weight excluding hydrogens is 384 g/mol. The summed E-state index contributed by atoms with van der Waals surface area (Å²) >= 11 is 0.